The Hall–Kier alpha value is -2.24. The fourth-order valence-corrected chi connectivity index (χ4v) is 3.44. The Labute approximate surface area is 154 Å². The van der Waals surface area contributed by atoms with Crippen LogP contribution in [0.25, 0.3) is 0 Å². The first-order valence-corrected chi connectivity index (χ1v) is 8.81. The number of carbonyl (C=O) groups excluding carboxylic acids is 4. The zero-order chi connectivity index (χ0) is 19.1. The van der Waals surface area contributed by atoms with E-state index in [9.17, 15) is 24.3 Å². The summed E-state index contributed by atoms with van der Waals surface area (Å²) < 4.78 is 20.9. The van der Waals surface area contributed by atoms with Gasteiger partial charge in [0, 0.05) is 0 Å². The van der Waals surface area contributed by atoms with Crippen LogP contribution in [-0.4, -0.2) is 95.7 Å². The van der Waals surface area contributed by atoms with Gasteiger partial charge in [0.2, 0.25) is 11.8 Å². The smallest absolute Gasteiger partial charge is 0.335 e. The number of esters is 2. The van der Waals surface area contributed by atoms with Crippen LogP contribution in [0.5, 0.6) is 0 Å². The summed E-state index contributed by atoms with van der Waals surface area (Å²) >= 11 is 0. The molecule has 148 valence electrons. The first kappa shape index (κ1) is 18.1. The molecule has 11 heteroatoms. The van der Waals surface area contributed by atoms with E-state index in [2.05, 4.69) is 0 Å². The van der Waals surface area contributed by atoms with Crippen molar-refractivity contribution >= 4 is 23.8 Å². The van der Waals surface area contributed by atoms with Gasteiger partial charge in [0.25, 0.3) is 0 Å². The number of hydrogen-bond donors (Lipinski definition) is 1. The molecule has 27 heavy (non-hydrogen) atoms. The second-order valence-corrected chi connectivity index (χ2v) is 6.96. The lowest BCUT2D eigenvalue weighted by Gasteiger charge is -2.31. The number of nitrogens with zero attached hydrogens (tertiary/aromatic N) is 2. The lowest BCUT2D eigenvalue weighted by molar-refractivity contribution is -0.166. The van der Waals surface area contributed by atoms with Crippen LogP contribution in [0.4, 0.5) is 0 Å². The summed E-state index contributed by atoms with van der Waals surface area (Å²) in [7, 11) is 0. The summed E-state index contributed by atoms with van der Waals surface area (Å²) in [6.07, 6.45) is -2.84. The molecule has 1 N–H and O–H groups in total. The third kappa shape index (κ3) is 3.62. The van der Waals surface area contributed by atoms with E-state index in [0.717, 1.165) is 0 Å². The standard InChI is InChI=1S/C16H20N2O9/c19-10(16(23)25-7-9-5-18-12(21)3-14(18)27-9)1-15(22)24-6-8-4-17-11(20)2-13(17)26-8/h8-10,13-14,19H,1-7H2. The Bertz CT molecular complexity index is 668. The van der Waals surface area contributed by atoms with Gasteiger partial charge in [0.1, 0.15) is 37.9 Å². The van der Waals surface area contributed by atoms with Crippen molar-refractivity contribution in [3.8, 4) is 0 Å². The molecule has 4 aliphatic rings. The lowest BCUT2D eigenvalue weighted by Crippen LogP contribution is -2.48. The van der Waals surface area contributed by atoms with Crippen molar-refractivity contribution in [1.82, 2.24) is 9.80 Å². The van der Waals surface area contributed by atoms with Gasteiger partial charge in [-0.05, 0) is 0 Å². The molecule has 0 spiro atoms. The number of rotatable bonds is 7. The van der Waals surface area contributed by atoms with E-state index >= 15 is 0 Å². The SMILES string of the molecule is O=C(CC(O)C(=O)OCC1CN2C(=O)CC2O1)OCC1CN2C(=O)CC2O1. The van der Waals surface area contributed by atoms with Crippen molar-refractivity contribution in [1.29, 1.82) is 0 Å². The molecule has 0 aliphatic carbocycles. The maximum atomic E-state index is 11.8. The zero-order valence-electron chi connectivity index (χ0n) is 14.4. The summed E-state index contributed by atoms with van der Waals surface area (Å²) in [5, 5.41) is 9.78. The first-order valence-electron chi connectivity index (χ1n) is 8.81. The van der Waals surface area contributed by atoms with Gasteiger partial charge in [-0.25, -0.2) is 4.79 Å². The molecule has 4 aliphatic heterocycles. The number of hydrogen-bond acceptors (Lipinski definition) is 9. The van der Waals surface area contributed by atoms with E-state index in [1.807, 2.05) is 0 Å². The molecule has 0 aromatic heterocycles. The molecule has 4 fully saturated rings. The third-order valence-corrected chi connectivity index (χ3v) is 5.01. The largest absolute Gasteiger partial charge is 0.463 e. The Morgan fingerprint density at radius 3 is 2.00 bits per heavy atom. The van der Waals surface area contributed by atoms with Crippen molar-refractivity contribution in [3.05, 3.63) is 0 Å². The number of aliphatic hydroxyl groups is 1. The first-order chi connectivity index (χ1) is 12.9. The predicted octanol–water partition coefficient (Wildman–Crippen LogP) is -2.26. The normalized spacial score (nSPS) is 32.3. The molecule has 0 saturated carbocycles. The van der Waals surface area contributed by atoms with Gasteiger partial charge < -0.3 is 33.9 Å². The topological polar surface area (TPSA) is 132 Å². The summed E-state index contributed by atoms with van der Waals surface area (Å²) in [6, 6.07) is 0. The Morgan fingerprint density at radius 2 is 1.52 bits per heavy atom. The molecular weight excluding hydrogens is 364 g/mol. The van der Waals surface area contributed by atoms with E-state index in [4.69, 9.17) is 18.9 Å². The number of fused-ring (bicyclic) bond motifs is 2. The quantitative estimate of drug-likeness (QED) is 0.381. The van der Waals surface area contributed by atoms with Crippen LogP contribution in [0.15, 0.2) is 0 Å². The minimum Gasteiger partial charge on any atom is -0.463 e. The highest BCUT2D eigenvalue weighted by atomic mass is 16.6. The average molecular weight is 384 g/mol. The molecule has 4 saturated heterocycles. The number of β-lactam (4-membered cyclic amide) rings is 2. The van der Waals surface area contributed by atoms with Gasteiger partial charge in [-0.3, -0.25) is 14.4 Å². The molecule has 0 aromatic carbocycles. The molecule has 5 atom stereocenters. The van der Waals surface area contributed by atoms with Gasteiger partial charge in [0.05, 0.1) is 32.4 Å². The van der Waals surface area contributed by atoms with Crippen molar-refractivity contribution in [2.45, 2.75) is 50.0 Å². The third-order valence-electron chi connectivity index (χ3n) is 5.01. The van der Waals surface area contributed by atoms with E-state index < -0.39 is 36.7 Å². The zero-order valence-corrected chi connectivity index (χ0v) is 14.4. The number of aliphatic hydroxyl groups excluding tert-OH is 1. The summed E-state index contributed by atoms with van der Waals surface area (Å²) in [6.45, 7) is 0.550. The second kappa shape index (κ2) is 7.06. The van der Waals surface area contributed by atoms with Gasteiger partial charge in [-0.2, -0.15) is 0 Å². The minimum atomic E-state index is -1.65. The van der Waals surface area contributed by atoms with Crippen LogP contribution in [-0.2, 0) is 38.1 Å². The Balaban J connectivity index is 1.11. The molecule has 4 rings (SSSR count). The molecule has 4 heterocycles. The van der Waals surface area contributed by atoms with Gasteiger partial charge in [0.15, 0.2) is 6.10 Å². The molecule has 0 radical (unpaired) electrons. The monoisotopic (exact) mass is 384 g/mol. The van der Waals surface area contributed by atoms with Crippen LogP contribution in [0.2, 0.25) is 0 Å². The highest BCUT2D eigenvalue weighted by Gasteiger charge is 2.46. The molecule has 5 unspecified atom stereocenters. The predicted molar refractivity (Wildman–Crippen MR) is 82.5 cm³/mol. The number of carbonyl (C=O) groups is 4. The van der Waals surface area contributed by atoms with E-state index in [-0.39, 0.29) is 37.5 Å². The van der Waals surface area contributed by atoms with Crippen molar-refractivity contribution in [3.63, 3.8) is 0 Å². The van der Waals surface area contributed by atoms with Crippen LogP contribution in [0.3, 0.4) is 0 Å². The lowest BCUT2D eigenvalue weighted by atomic mass is 10.2. The van der Waals surface area contributed by atoms with E-state index in [1.54, 1.807) is 9.80 Å². The molecular formula is C16H20N2O9. The Kier molecular flexibility index (Phi) is 4.74. The number of ether oxygens (including phenoxy) is 4. The Morgan fingerprint density at radius 1 is 1.00 bits per heavy atom. The highest BCUT2D eigenvalue weighted by Crippen LogP contribution is 2.29. The fourth-order valence-electron chi connectivity index (χ4n) is 3.44. The summed E-state index contributed by atoms with van der Waals surface area (Å²) in [5.41, 5.74) is 0. The second-order valence-electron chi connectivity index (χ2n) is 6.96. The van der Waals surface area contributed by atoms with Crippen LogP contribution < -0.4 is 0 Å². The van der Waals surface area contributed by atoms with Gasteiger partial charge >= 0.3 is 11.9 Å². The summed E-state index contributed by atoms with van der Waals surface area (Å²) in [4.78, 5) is 49.2. The van der Waals surface area contributed by atoms with E-state index in [1.165, 1.54) is 0 Å². The summed E-state index contributed by atoms with van der Waals surface area (Å²) in [5.74, 6) is -1.72. The molecule has 0 aromatic rings. The van der Waals surface area contributed by atoms with Gasteiger partial charge in [-0.1, -0.05) is 0 Å². The fraction of sp³-hybridized carbons (Fsp3) is 0.750. The van der Waals surface area contributed by atoms with Crippen molar-refractivity contribution in [2.75, 3.05) is 26.3 Å². The van der Waals surface area contributed by atoms with Crippen molar-refractivity contribution in [2.24, 2.45) is 0 Å². The van der Waals surface area contributed by atoms with Crippen molar-refractivity contribution < 1.29 is 43.2 Å². The van der Waals surface area contributed by atoms with Crippen LogP contribution in [0.1, 0.15) is 19.3 Å². The maximum absolute atomic E-state index is 11.8. The molecule has 0 bridgehead atoms. The van der Waals surface area contributed by atoms with Crippen LogP contribution >= 0.6 is 0 Å². The molecule has 2 amide bonds. The van der Waals surface area contributed by atoms with Crippen LogP contribution in [0, 0.1) is 0 Å². The van der Waals surface area contributed by atoms with Gasteiger partial charge in [-0.15, -0.1) is 0 Å². The van der Waals surface area contributed by atoms with E-state index in [0.29, 0.717) is 25.9 Å². The highest BCUT2D eigenvalue weighted by molar-refractivity contribution is 5.83. The minimum absolute atomic E-state index is 0.00276. The number of amides is 2. The molecule has 11 nitrogen and oxygen atoms in total. The average Bonchev–Trinajstić information content (AvgIpc) is 3.14. The maximum Gasteiger partial charge on any atom is 0.335 e.